The summed E-state index contributed by atoms with van der Waals surface area (Å²) in [7, 11) is 0. The quantitative estimate of drug-likeness (QED) is 0.781. The standard InChI is InChI=1S/C17H32N2/c1-5-15-12-18-16(17(2,3)4)13-19(15)11-10-14-8-6-7-9-14/h8,15-16,18H,5-7,9-13H2,1-4H3. The van der Waals surface area contributed by atoms with Crippen LogP contribution in [-0.2, 0) is 0 Å². The van der Waals surface area contributed by atoms with Crippen LogP contribution in [0.15, 0.2) is 11.6 Å². The molecular weight excluding hydrogens is 232 g/mol. The van der Waals surface area contributed by atoms with E-state index >= 15 is 0 Å². The molecule has 0 spiro atoms. The molecule has 0 aromatic rings. The molecule has 0 aromatic heterocycles. The molecule has 2 aliphatic rings. The second kappa shape index (κ2) is 6.41. The van der Waals surface area contributed by atoms with Crippen molar-refractivity contribution in [1.82, 2.24) is 10.2 Å². The predicted molar refractivity (Wildman–Crippen MR) is 83.4 cm³/mol. The van der Waals surface area contributed by atoms with E-state index in [2.05, 4.69) is 44.0 Å². The Balaban J connectivity index is 1.90. The first-order chi connectivity index (χ1) is 9.00. The Kier molecular flexibility index (Phi) is 5.08. The average molecular weight is 264 g/mol. The van der Waals surface area contributed by atoms with Crippen LogP contribution in [0, 0.1) is 5.41 Å². The topological polar surface area (TPSA) is 15.3 Å². The minimum Gasteiger partial charge on any atom is -0.311 e. The fraction of sp³-hybridized carbons (Fsp3) is 0.882. The molecule has 1 saturated heterocycles. The Bertz CT molecular complexity index is 314. The summed E-state index contributed by atoms with van der Waals surface area (Å²) in [6, 6.07) is 1.37. The minimum atomic E-state index is 0.365. The van der Waals surface area contributed by atoms with Crippen LogP contribution in [0.2, 0.25) is 0 Å². The molecule has 110 valence electrons. The Labute approximate surface area is 119 Å². The normalized spacial score (nSPS) is 29.6. The first kappa shape index (κ1) is 15.1. The number of rotatable bonds is 4. The van der Waals surface area contributed by atoms with Crippen LogP contribution in [0.5, 0.6) is 0 Å². The summed E-state index contributed by atoms with van der Waals surface area (Å²) in [5.74, 6) is 0. The lowest BCUT2D eigenvalue weighted by Gasteiger charge is -2.45. The van der Waals surface area contributed by atoms with Gasteiger partial charge in [0.15, 0.2) is 0 Å². The lowest BCUT2D eigenvalue weighted by atomic mass is 9.84. The van der Waals surface area contributed by atoms with Crippen molar-refractivity contribution in [2.75, 3.05) is 19.6 Å². The number of nitrogens with one attached hydrogen (secondary N) is 1. The van der Waals surface area contributed by atoms with Gasteiger partial charge in [0.05, 0.1) is 0 Å². The van der Waals surface area contributed by atoms with Crippen LogP contribution < -0.4 is 5.32 Å². The molecule has 1 aliphatic heterocycles. The van der Waals surface area contributed by atoms with Crippen molar-refractivity contribution in [1.29, 1.82) is 0 Å². The highest BCUT2D eigenvalue weighted by Gasteiger charge is 2.33. The summed E-state index contributed by atoms with van der Waals surface area (Å²) < 4.78 is 0. The van der Waals surface area contributed by atoms with Gasteiger partial charge in [0.25, 0.3) is 0 Å². The summed E-state index contributed by atoms with van der Waals surface area (Å²) in [6.45, 7) is 13.0. The monoisotopic (exact) mass is 264 g/mol. The van der Waals surface area contributed by atoms with Gasteiger partial charge in [0, 0.05) is 31.7 Å². The predicted octanol–water partition coefficient (Wildman–Crippen LogP) is 3.59. The number of hydrogen-bond acceptors (Lipinski definition) is 2. The van der Waals surface area contributed by atoms with Crippen LogP contribution in [0.25, 0.3) is 0 Å². The summed E-state index contributed by atoms with van der Waals surface area (Å²) >= 11 is 0. The first-order valence-corrected chi connectivity index (χ1v) is 8.16. The fourth-order valence-electron chi connectivity index (χ4n) is 3.36. The molecule has 1 aliphatic carbocycles. The molecule has 0 saturated carbocycles. The highest BCUT2D eigenvalue weighted by Crippen LogP contribution is 2.26. The van der Waals surface area contributed by atoms with Crippen LogP contribution in [-0.4, -0.2) is 36.6 Å². The summed E-state index contributed by atoms with van der Waals surface area (Å²) in [6.07, 6.45) is 9.10. The number of piperazine rings is 1. The largest absolute Gasteiger partial charge is 0.311 e. The number of allylic oxidation sites excluding steroid dienone is 1. The summed E-state index contributed by atoms with van der Waals surface area (Å²) in [4.78, 5) is 2.74. The zero-order chi connectivity index (χ0) is 13.9. The van der Waals surface area contributed by atoms with Crippen molar-refractivity contribution in [3.63, 3.8) is 0 Å². The molecule has 0 radical (unpaired) electrons. The number of nitrogens with zero attached hydrogens (tertiary/aromatic N) is 1. The van der Waals surface area contributed by atoms with E-state index in [9.17, 15) is 0 Å². The Morgan fingerprint density at radius 3 is 2.74 bits per heavy atom. The highest BCUT2D eigenvalue weighted by molar-refractivity contribution is 5.08. The molecule has 0 aromatic carbocycles. The molecule has 2 rings (SSSR count). The van der Waals surface area contributed by atoms with Gasteiger partial charge in [0.1, 0.15) is 0 Å². The summed E-state index contributed by atoms with van der Waals surface area (Å²) in [5, 5.41) is 3.76. The third-order valence-electron chi connectivity index (χ3n) is 4.91. The first-order valence-electron chi connectivity index (χ1n) is 8.16. The van der Waals surface area contributed by atoms with Crippen LogP contribution in [0.3, 0.4) is 0 Å². The molecule has 1 N–H and O–H groups in total. The zero-order valence-electron chi connectivity index (χ0n) is 13.3. The van der Waals surface area contributed by atoms with Crippen molar-refractivity contribution in [2.45, 2.75) is 71.9 Å². The van der Waals surface area contributed by atoms with Crippen molar-refractivity contribution in [3.8, 4) is 0 Å². The molecule has 2 heteroatoms. The lowest BCUT2D eigenvalue weighted by molar-refractivity contribution is 0.0845. The second-order valence-corrected chi connectivity index (χ2v) is 7.39. The van der Waals surface area contributed by atoms with Crippen molar-refractivity contribution >= 4 is 0 Å². The van der Waals surface area contributed by atoms with Gasteiger partial charge < -0.3 is 5.32 Å². The van der Waals surface area contributed by atoms with Crippen LogP contribution >= 0.6 is 0 Å². The molecule has 2 nitrogen and oxygen atoms in total. The van der Waals surface area contributed by atoms with Crippen molar-refractivity contribution in [3.05, 3.63) is 11.6 Å². The molecule has 2 unspecified atom stereocenters. The number of hydrogen-bond donors (Lipinski definition) is 1. The van der Waals surface area contributed by atoms with E-state index in [0.717, 1.165) is 12.6 Å². The van der Waals surface area contributed by atoms with E-state index in [1.54, 1.807) is 5.57 Å². The van der Waals surface area contributed by atoms with Gasteiger partial charge in [0.2, 0.25) is 0 Å². The minimum absolute atomic E-state index is 0.365. The molecule has 0 amide bonds. The average Bonchev–Trinajstić information content (AvgIpc) is 2.88. The van der Waals surface area contributed by atoms with Gasteiger partial charge in [-0.05, 0) is 37.5 Å². The van der Waals surface area contributed by atoms with Crippen molar-refractivity contribution < 1.29 is 0 Å². The second-order valence-electron chi connectivity index (χ2n) is 7.39. The summed E-state index contributed by atoms with van der Waals surface area (Å²) in [5.41, 5.74) is 2.07. The van der Waals surface area contributed by atoms with Gasteiger partial charge in [-0.2, -0.15) is 0 Å². The van der Waals surface area contributed by atoms with E-state index in [1.807, 2.05) is 0 Å². The molecular formula is C17H32N2. The van der Waals surface area contributed by atoms with E-state index in [4.69, 9.17) is 0 Å². The van der Waals surface area contributed by atoms with Crippen LogP contribution in [0.1, 0.15) is 59.8 Å². The SMILES string of the molecule is CCC1CNC(C(C)(C)C)CN1CCC1=CCCC1. The highest BCUT2D eigenvalue weighted by atomic mass is 15.2. The molecule has 0 bridgehead atoms. The lowest BCUT2D eigenvalue weighted by Crippen LogP contribution is -2.60. The van der Waals surface area contributed by atoms with E-state index in [0.29, 0.717) is 11.5 Å². The molecule has 1 heterocycles. The molecule has 19 heavy (non-hydrogen) atoms. The van der Waals surface area contributed by atoms with Gasteiger partial charge in [-0.1, -0.05) is 39.3 Å². The van der Waals surface area contributed by atoms with Gasteiger partial charge in [-0.3, -0.25) is 4.90 Å². The smallest absolute Gasteiger partial charge is 0.0244 e. The van der Waals surface area contributed by atoms with Gasteiger partial charge in [-0.25, -0.2) is 0 Å². The zero-order valence-corrected chi connectivity index (χ0v) is 13.3. The van der Waals surface area contributed by atoms with Crippen molar-refractivity contribution in [2.24, 2.45) is 5.41 Å². The van der Waals surface area contributed by atoms with Crippen LogP contribution in [0.4, 0.5) is 0 Å². The third-order valence-corrected chi connectivity index (χ3v) is 4.91. The maximum Gasteiger partial charge on any atom is 0.0244 e. The molecule has 2 atom stereocenters. The van der Waals surface area contributed by atoms with Gasteiger partial charge >= 0.3 is 0 Å². The Morgan fingerprint density at radius 2 is 2.16 bits per heavy atom. The van der Waals surface area contributed by atoms with E-state index in [-0.39, 0.29) is 0 Å². The third kappa shape index (κ3) is 4.06. The molecule has 1 fully saturated rings. The van der Waals surface area contributed by atoms with Gasteiger partial charge in [-0.15, -0.1) is 0 Å². The fourth-order valence-corrected chi connectivity index (χ4v) is 3.36. The van der Waals surface area contributed by atoms with E-state index in [1.165, 1.54) is 45.2 Å². The van der Waals surface area contributed by atoms with E-state index < -0.39 is 0 Å². The maximum atomic E-state index is 3.76. The maximum absolute atomic E-state index is 3.76. The Morgan fingerprint density at radius 1 is 1.37 bits per heavy atom. The Hall–Kier alpha value is -0.340.